The molecule has 0 saturated carbocycles. The van der Waals surface area contributed by atoms with E-state index in [1.807, 2.05) is 66.7 Å². The fourth-order valence-corrected chi connectivity index (χ4v) is 4.00. The largest absolute Gasteiger partial charge is 0.480 e. The first-order valence-corrected chi connectivity index (χ1v) is 10.0. The number of rotatable bonds is 7. The van der Waals surface area contributed by atoms with E-state index in [-0.39, 0.29) is 12.5 Å². The van der Waals surface area contributed by atoms with Crippen LogP contribution >= 0.6 is 0 Å². The van der Waals surface area contributed by atoms with Crippen molar-refractivity contribution in [2.75, 3.05) is 6.61 Å². The molecule has 30 heavy (non-hydrogen) atoms. The number of amides is 1. The van der Waals surface area contributed by atoms with Gasteiger partial charge >= 0.3 is 12.1 Å². The van der Waals surface area contributed by atoms with Gasteiger partial charge < -0.3 is 15.2 Å². The molecule has 2 N–H and O–H groups in total. The summed E-state index contributed by atoms with van der Waals surface area (Å²) in [7, 11) is 0. The van der Waals surface area contributed by atoms with E-state index >= 15 is 0 Å². The van der Waals surface area contributed by atoms with Crippen molar-refractivity contribution in [3.05, 3.63) is 95.6 Å². The molecule has 152 valence electrons. The number of alkyl carbamates (subject to hydrolysis) is 1. The molecule has 3 aromatic carbocycles. The van der Waals surface area contributed by atoms with Crippen molar-refractivity contribution in [2.45, 2.75) is 24.8 Å². The van der Waals surface area contributed by atoms with Crippen LogP contribution in [0.4, 0.5) is 4.79 Å². The molecule has 1 atom stereocenters. The van der Waals surface area contributed by atoms with E-state index in [9.17, 15) is 14.7 Å². The summed E-state index contributed by atoms with van der Waals surface area (Å²) in [6, 6.07) is 24.8. The van der Waals surface area contributed by atoms with E-state index in [4.69, 9.17) is 4.74 Å². The van der Waals surface area contributed by atoms with Gasteiger partial charge in [0.15, 0.2) is 0 Å². The van der Waals surface area contributed by atoms with Crippen LogP contribution in [0.1, 0.15) is 29.0 Å². The van der Waals surface area contributed by atoms with Gasteiger partial charge in [0, 0.05) is 5.92 Å². The molecule has 5 heteroatoms. The normalized spacial score (nSPS) is 13.2. The monoisotopic (exact) mass is 401 g/mol. The number of carboxylic acid groups (broad SMARTS) is 1. The zero-order chi connectivity index (χ0) is 20.9. The summed E-state index contributed by atoms with van der Waals surface area (Å²) >= 11 is 0. The number of carboxylic acids is 1. The van der Waals surface area contributed by atoms with Gasteiger partial charge in [-0.1, -0.05) is 78.9 Å². The summed E-state index contributed by atoms with van der Waals surface area (Å²) in [6.45, 7) is 0.158. The number of ether oxygens (including phenoxy) is 1. The van der Waals surface area contributed by atoms with Crippen LogP contribution in [-0.2, 0) is 16.0 Å². The zero-order valence-electron chi connectivity index (χ0n) is 16.5. The second kappa shape index (κ2) is 8.82. The summed E-state index contributed by atoms with van der Waals surface area (Å²) < 4.78 is 5.46. The van der Waals surface area contributed by atoms with Crippen molar-refractivity contribution in [3.63, 3.8) is 0 Å². The van der Waals surface area contributed by atoms with Crippen LogP contribution in [0.25, 0.3) is 11.1 Å². The average molecular weight is 401 g/mol. The SMILES string of the molecule is O=C(N[C@H](CCc1ccccc1)C(=O)O)OCC1c2ccccc2-c2ccccc21. The van der Waals surface area contributed by atoms with Gasteiger partial charge in [0.1, 0.15) is 12.6 Å². The Bertz CT molecular complexity index is 1000. The number of benzene rings is 3. The van der Waals surface area contributed by atoms with Crippen molar-refractivity contribution in [1.82, 2.24) is 5.32 Å². The first kappa shape index (κ1) is 19.7. The molecule has 1 aliphatic rings. The maximum atomic E-state index is 12.4. The molecule has 0 heterocycles. The highest BCUT2D eigenvalue weighted by Gasteiger charge is 2.29. The highest BCUT2D eigenvalue weighted by molar-refractivity contribution is 5.81. The number of hydrogen-bond donors (Lipinski definition) is 2. The van der Waals surface area contributed by atoms with Gasteiger partial charge in [-0.25, -0.2) is 9.59 Å². The average Bonchev–Trinajstić information content (AvgIpc) is 3.09. The second-order valence-corrected chi connectivity index (χ2v) is 7.38. The smallest absolute Gasteiger partial charge is 0.407 e. The molecule has 1 amide bonds. The van der Waals surface area contributed by atoms with Crippen LogP contribution in [0.2, 0.25) is 0 Å². The van der Waals surface area contributed by atoms with Crippen molar-refractivity contribution in [1.29, 1.82) is 0 Å². The van der Waals surface area contributed by atoms with Crippen LogP contribution in [0.15, 0.2) is 78.9 Å². The Hall–Kier alpha value is -3.60. The van der Waals surface area contributed by atoms with Gasteiger partial charge in [-0.3, -0.25) is 0 Å². The third-order valence-electron chi connectivity index (χ3n) is 5.50. The minimum absolute atomic E-state index is 0.0595. The Morgan fingerprint density at radius 3 is 2.03 bits per heavy atom. The zero-order valence-corrected chi connectivity index (χ0v) is 16.5. The highest BCUT2D eigenvalue weighted by atomic mass is 16.5. The van der Waals surface area contributed by atoms with E-state index < -0.39 is 18.1 Å². The fraction of sp³-hybridized carbons (Fsp3) is 0.200. The van der Waals surface area contributed by atoms with Gasteiger partial charge in [-0.15, -0.1) is 0 Å². The number of carbonyl (C=O) groups is 2. The molecule has 0 bridgehead atoms. The Balaban J connectivity index is 1.38. The predicted molar refractivity (Wildman–Crippen MR) is 114 cm³/mol. The second-order valence-electron chi connectivity index (χ2n) is 7.38. The van der Waals surface area contributed by atoms with Gasteiger partial charge in [0.2, 0.25) is 0 Å². The summed E-state index contributed by atoms with van der Waals surface area (Å²) in [6.07, 6.45) is 0.141. The van der Waals surface area contributed by atoms with Gasteiger partial charge in [-0.2, -0.15) is 0 Å². The molecule has 0 radical (unpaired) electrons. The molecule has 0 fully saturated rings. The molecule has 0 unspecified atom stereocenters. The lowest BCUT2D eigenvalue weighted by molar-refractivity contribution is -0.139. The Labute approximate surface area is 175 Å². The maximum absolute atomic E-state index is 12.4. The molecule has 3 aromatic rings. The number of nitrogens with one attached hydrogen (secondary N) is 1. The standard InChI is InChI=1S/C25H23NO4/c27-24(28)23(15-14-17-8-2-1-3-9-17)26-25(29)30-16-22-20-12-6-4-10-18(20)19-11-5-7-13-21(19)22/h1-13,22-23H,14-16H2,(H,26,29)(H,27,28)/t23-/m1/s1. The van der Waals surface area contributed by atoms with Gasteiger partial charge in [0.25, 0.3) is 0 Å². The first-order chi connectivity index (χ1) is 14.6. The van der Waals surface area contributed by atoms with Crippen LogP contribution in [0.5, 0.6) is 0 Å². The number of aliphatic carboxylic acids is 1. The summed E-state index contributed by atoms with van der Waals surface area (Å²) in [5.41, 5.74) is 5.55. The maximum Gasteiger partial charge on any atom is 0.407 e. The number of fused-ring (bicyclic) bond motifs is 3. The molecule has 0 aromatic heterocycles. The quantitative estimate of drug-likeness (QED) is 0.606. The van der Waals surface area contributed by atoms with Crippen molar-refractivity contribution < 1.29 is 19.4 Å². The summed E-state index contributed by atoms with van der Waals surface area (Å²) in [4.78, 5) is 23.9. The minimum atomic E-state index is -1.07. The molecule has 0 aliphatic heterocycles. The van der Waals surface area contributed by atoms with E-state index in [2.05, 4.69) is 17.4 Å². The van der Waals surface area contributed by atoms with Crippen molar-refractivity contribution >= 4 is 12.1 Å². The van der Waals surface area contributed by atoms with Crippen molar-refractivity contribution in [3.8, 4) is 11.1 Å². The lowest BCUT2D eigenvalue weighted by Crippen LogP contribution is -2.41. The molecule has 5 nitrogen and oxygen atoms in total. The molecular weight excluding hydrogens is 378 g/mol. The topological polar surface area (TPSA) is 75.6 Å². The van der Waals surface area contributed by atoms with Gasteiger partial charge in [0.05, 0.1) is 0 Å². The summed E-state index contributed by atoms with van der Waals surface area (Å²) in [5, 5.41) is 12.0. The number of carbonyl (C=O) groups excluding carboxylic acids is 1. The first-order valence-electron chi connectivity index (χ1n) is 10.0. The Kier molecular flexibility index (Phi) is 5.80. The lowest BCUT2D eigenvalue weighted by Gasteiger charge is -2.17. The molecule has 0 saturated heterocycles. The summed E-state index contributed by atoms with van der Waals surface area (Å²) in [5.74, 6) is -1.13. The minimum Gasteiger partial charge on any atom is -0.480 e. The highest BCUT2D eigenvalue weighted by Crippen LogP contribution is 2.44. The predicted octanol–water partition coefficient (Wildman–Crippen LogP) is 4.61. The van der Waals surface area contributed by atoms with Crippen LogP contribution in [-0.4, -0.2) is 29.8 Å². The van der Waals surface area contributed by atoms with Crippen LogP contribution in [0, 0.1) is 0 Å². The van der Waals surface area contributed by atoms with E-state index in [0.29, 0.717) is 12.8 Å². The van der Waals surface area contributed by atoms with E-state index in [1.54, 1.807) is 0 Å². The van der Waals surface area contributed by atoms with Gasteiger partial charge in [-0.05, 0) is 40.7 Å². The molecule has 4 rings (SSSR count). The van der Waals surface area contributed by atoms with Crippen molar-refractivity contribution in [2.24, 2.45) is 0 Å². The molecule has 0 spiro atoms. The van der Waals surface area contributed by atoms with Crippen LogP contribution < -0.4 is 5.32 Å². The molecular formula is C25H23NO4. The fourth-order valence-electron chi connectivity index (χ4n) is 4.00. The third-order valence-corrected chi connectivity index (χ3v) is 5.50. The van der Waals surface area contributed by atoms with E-state index in [1.165, 1.54) is 0 Å². The lowest BCUT2D eigenvalue weighted by atomic mass is 9.98. The number of hydrogen-bond acceptors (Lipinski definition) is 3. The third kappa shape index (κ3) is 4.20. The van der Waals surface area contributed by atoms with E-state index in [0.717, 1.165) is 27.8 Å². The Morgan fingerprint density at radius 2 is 1.43 bits per heavy atom. The molecule has 1 aliphatic carbocycles. The number of aryl methyl sites for hydroxylation is 1. The van der Waals surface area contributed by atoms with Crippen LogP contribution in [0.3, 0.4) is 0 Å². The Morgan fingerprint density at radius 1 is 0.867 bits per heavy atom.